The summed E-state index contributed by atoms with van der Waals surface area (Å²) < 4.78 is 5.17. The second kappa shape index (κ2) is 8.04. The van der Waals surface area contributed by atoms with Crippen molar-refractivity contribution in [1.82, 2.24) is 5.32 Å². The fraction of sp³-hybridized carbons (Fsp3) is 0.333. The third-order valence-electron chi connectivity index (χ3n) is 4.07. The third-order valence-corrected chi connectivity index (χ3v) is 4.07. The molecule has 0 saturated carbocycles. The van der Waals surface area contributed by atoms with Crippen molar-refractivity contribution in [2.45, 2.75) is 46.3 Å². The van der Waals surface area contributed by atoms with Crippen molar-refractivity contribution in [1.29, 1.82) is 0 Å². The minimum Gasteiger partial charge on any atom is -0.507 e. The lowest BCUT2D eigenvalue weighted by Gasteiger charge is -2.22. The number of carbonyl (C=O) groups excluding carboxylic acids is 2. The molecule has 1 amide bonds. The molecule has 0 atom stereocenters. The van der Waals surface area contributed by atoms with Crippen LogP contribution in [0.25, 0.3) is 0 Å². The van der Waals surface area contributed by atoms with E-state index in [1.54, 1.807) is 12.1 Å². The van der Waals surface area contributed by atoms with E-state index >= 15 is 0 Å². The van der Waals surface area contributed by atoms with E-state index in [4.69, 9.17) is 4.74 Å². The molecule has 0 aromatic heterocycles. The molecule has 0 heterocycles. The van der Waals surface area contributed by atoms with Gasteiger partial charge in [-0.05, 0) is 35.6 Å². The molecule has 0 bridgehead atoms. The van der Waals surface area contributed by atoms with Crippen molar-refractivity contribution in [2.24, 2.45) is 0 Å². The molecule has 26 heavy (non-hydrogen) atoms. The molecule has 0 unspecified atom stereocenters. The first kappa shape index (κ1) is 19.5. The Kier molecular flexibility index (Phi) is 6.03. The molecule has 138 valence electrons. The molecule has 0 spiro atoms. The van der Waals surface area contributed by atoms with E-state index in [9.17, 15) is 14.7 Å². The molecule has 0 aliphatic heterocycles. The molecular weight excluding hydrogens is 330 g/mol. The molecule has 0 aliphatic rings. The van der Waals surface area contributed by atoms with Crippen LogP contribution < -0.4 is 5.32 Å². The number of ether oxygens (including phenoxy) is 1. The Morgan fingerprint density at radius 3 is 2.35 bits per heavy atom. The number of carbonyl (C=O) groups is 2. The standard InChI is InChI=1S/C21H25NO4/c1-14(23)18-11-17(21(2,3)4)10-16(19(18)24)12-22-20(25)26-13-15-8-6-5-7-9-15/h5-11,24H,12-13H2,1-4H3,(H,22,25). The number of Topliss-reactive ketones (excluding diaryl/α,β-unsaturated/α-hetero) is 1. The van der Waals surface area contributed by atoms with Crippen molar-refractivity contribution in [3.05, 3.63) is 64.7 Å². The monoisotopic (exact) mass is 355 g/mol. The van der Waals surface area contributed by atoms with E-state index in [1.165, 1.54) is 6.92 Å². The van der Waals surface area contributed by atoms with E-state index in [0.717, 1.165) is 11.1 Å². The quantitative estimate of drug-likeness (QED) is 0.783. The van der Waals surface area contributed by atoms with Crippen LogP contribution in [-0.4, -0.2) is 17.0 Å². The highest BCUT2D eigenvalue weighted by molar-refractivity contribution is 5.97. The molecule has 0 saturated heterocycles. The highest BCUT2D eigenvalue weighted by Gasteiger charge is 2.20. The Hall–Kier alpha value is -2.82. The van der Waals surface area contributed by atoms with Gasteiger partial charge in [0.05, 0.1) is 5.56 Å². The van der Waals surface area contributed by atoms with Crippen molar-refractivity contribution < 1.29 is 19.4 Å². The van der Waals surface area contributed by atoms with Crippen LogP contribution >= 0.6 is 0 Å². The lowest BCUT2D eigenvalue weighted by Crippen LogP contribution is -2.24. The molecule has 2 aromatic rings. The van der Waals surface area contributed by atoms with Gasteiger partial charge in [-0.1, -0.05) is 51.1 Å². The Morgan fingerprint density at radius 2 is 1.77 bits per heavy atom. The first-order valence-electron chi connectivity index (χ1n) is 8.50. The SMILES string of the molecule is CC(=O)c1cc(C(C)(C)C)cc(CNC(=O)OCc2ccccc2)c1O. The zero-order valence-electron chi connectivity index (χ0n) is 15.6. The summed E-state index contributed by atoms with van der Waals surface area (Å²) in [6.45, 7) is 7.72. The number of alkyl carbamates (subject to hydrolysis) is 1. The zero-order chi connectivity index (χ0) is 19.3. The molecule has 5 nitrogen and oxygen atoms in total. The van der Waals surface area contributed by atoms with Gasteiger partial charge in [-0.2, -0.15) is 0 Å². The number of benzene rings is 2. The topological polar surface area (TPSA) is 75.6 Å². The van der Waals surface area contributed by atoms with Gasteiger partial charge in [0, 0.05) is 12.1 Å². The number of amides is 1. The average Bonchev–Trinajstić information content (AvgIpc) is 2.58. The number of aromatic hydroxyl groups is 1. The van der Waals surface area contributed by atoms with Gasteiger partial charge in [0.2, 0.25) is 0 Å². The smallest absolute Gasteiger partial charge is 0.407 e. The van der Waals surface area contributed by atoms with Gasteiger partial charge in [-0.25, -0.2) is 4.79 Å². The zero-order valence-corrected chi connectivity index (χ0v) is 15.6. The van der Waals surface area contributed by atoms with Gasteiger partial charge in [0.25, 0.3) is 0 Å². The minimum atomic E-state index is -0.584. The fourth-order valence-corrected chi connectivity index (χ4v) is 2.47. The van der Waals surface area contributed by atoms with E-state index < -0.39 is 6.09 Å². The van der Waals surface area contributed by atoms with Crippen molar-refractivity contribution >= 4 is 11.9 Å². The van der Waals surface area contributed by atoms with Crippen LogP contribution in [0.1, 0.15) is 54.7 Å². The van der Waals surface area contributed by atoms with E-state index in [-0.39, 0.29) is 35.7 Å². The second-order valence-corrected chi connectivity index (χ2v) is 7.25. The Labute approximate surface area is 154 Å². The predicted octanol–water partition coefficient (Wildman–Crippen LogP) is 4.32. The summed E-state index contributed by atoms with van der Waals surface area (Å²) in [6.07, 6.45) is -0.584. The predicted molar refractivity (Wildman–Crippen MR) is 100 cm³/mol. The van der Waals surface area contributed by atoms with Gasteiger partial charge in [0.1, 0.15) is 12.4 Å². The Bertz CT molecular complexity index is 792. The van der Waals surface area contributed by atoms with E-state index in [0.29, 0.717) is 5.56 Å². The Balaban J connectivity index is 2.09. The number of nitrogens with one attached hydrogen (secondary N) is 1. The van der Waals surface area contributed by atoms with Gasteiger partial charge in [-0.15, -0.1) is 0 Å². The van der Waals surface area contributed by atoms with Crippen LogP contribution in [0.4, 0.5) is 4.79 Å². The van der Waals surface area contributed by atoms with E-state index in [2.05, 4.69) is 5.32 Å². The maximum Gasteiger partial charge on any atom is 0.407 e. The number of phenols is 1. The molecular formula is C21H25NO4. The number of hydrogen-bond donors (Lipinski definition) is 2. The molecule has 0 aliphatic carbocycles. The van der Waals surface area contributed by atoms with Crippen molar-refractivity contribution in [2.75, 3.05) is 0 Å². The number of rotatable bonds is 5. The van der Waals surface area contributed by atoms with Crippen molar-refractivity contribution in [3.8, 4) is 5.75 Å². The third kappa shape index (κ3) is 5.09. The lowest BCUT2D eigenvalue weighted by atomic mass is 9.84. The van der Waals surface area contributed by atoms with Crippen LogP contribution in [0.5, 0.6) is 5.75 Å². The molecule has 5 heteroatoms. The molecule has 2 rings (SSSR count). The normalized spacial score (nSPS) is 11.1. The number of ketones is 1. The fourth-order valence-electron chi connectivity index (χ4n) is 2.47. The highest BCUT2D eigenvalue weighted by atomic mass is 16.5. The number of phenolic OH excluding ortho intramolecular Hbond substituents is 1. The maximum absolute atomic E-state index is 11.9. The molecule has 0 radical (unpaired) electrons. The summed E-state index contributed by atoms with van der Waals surface area (Å²) in [5, 5.41) is 13.0. The Morgan fingerprint density at radius 1 is 1.12 bits per heavy atom. The largest absolute Gasteiger partial charge is 0.507 e. The van der Waals surface area contributed by atoms with Crippen LogP contribution in [-0.2, 0) is 23.3 Å². The summed E-state index contributed by atoms with van der Waals surface area (Å²) in [5.74, 6) is -0.324. The molecule has 2 N–H and O–H groups in total. The van der Waals surface area contributed by atoms with Gasteiger partial charge >= 0.3 is 6.09 Å². The summed E-state index contributed by atoms with van der Waals surface area (Å²) in [5.41, 5.74) is 2.35. The molecule has 2 aromatic carbocycles. The van der Waals surface area contributed by atoms with Crippen LogP contribution in [0, 0.1) is 0 Å². The van der Waals surface area contributed by atoms with Crippen molar-refractivity contribution in [3.63, 3.8) is 0 Å². The highest BCUT2D eigenvalue weighted by Crippen LogP contribution is 2.31. The summed E-state index contributed by atoms with van der Waals surface area (Å²) >= 11 is 0. The lowest BCUT2D eigenvalue weighted by molar-refractivity contribution is 0.101. The molecule has 0 fully saturated rings. The number of hydrogen-bond acceptors (Lipinski definition) is 4. The summed E-state index contributed by atoms with van der Waals surface area (Å²) in [6, 6.07) is 12.9. The first-order chi connectivity index (χ1) is 12.2. The summed E-state index contributed by atoms with van der Waals surface area (Å²) in [7, 11) is 0. The summed E-state index contributed by atoms with van der Waals surface area (Å²) in [4.78, 5) is 23.7. The first-order valence-corrected chi connectivity index (χ1v) is 8.50. The van der Waals surface area contributed by atoms with Gasteiger partial charge in [0.15, 0.2) is 5.78 Å². The minimum absolute atomic E-state index is 0.0731. The van der Waals surface area contributed by atoms with Gasteiger partial charge in [-0.3, -0.25) is 4.79 Å². The van der Waals surface area contributed by atoms with Crippen LogP contribution in [0.15, 0.2) is 42.5 Å². The van der Waals surface area contributed by atoms with E-state index in [1.807, 2.05) is 51.1 Å². The average molecular weight is 355 g/mol. The maximum atomic E-state index is 11.9. The second-order valence-electron chi connectivity index (χ2n) is 7.25. The van der Waals surface area contributed by atoms with Crippen LogP contribution in [0.2, 0.25) is 0 Å². The van der Waals surface area contributed by atoms with Crippen LogP contribution in [0.3, 0.4) is 0 Å². The van der Waals surface area contributed by atoms with Gasteiger partial charge < -0.3 is 15.2 Å².